The number of aryl methyl sites for hydroxylation is 1. The highest BCUT2D eigenvalue weighted by Gasteiger charge is 2.02. The van der Waals surface area contributed by atoms with Crippen molar-refractivity contribution in [2.45, 2.75) is 6.92 Å². The van der Waals surface area contributed by atoms with Crippen molar-refractivity contribution in [1.82, 2.24) is 0 Å². The molecule has 3 aromatic carbocycles. The van der Waals surface area contributed by atoms with E-state index in [0.29, 0.717) is 0 Å². The fraction of sp³-hybridized carbons (Fsp3) is 0.0588. The molecule has 0 N–H and O–H groups in total. The fourth-order valence-corrected chi connectivity index (χ4v) is 2.12. The van der Waals surface area contributed by atoms with Gasteiger partial charge in [0.25, 0.3) is 0 Å². The van der Waals surface area contributed by atoms with Gasteiger partial charge in [-0.3, -0.25) is 0 Å². The van der Waals surface area contributed by atoms with Gasteiger partial charge in [-0.1, -0.05) is 66.2 Å². The maximum absolute atomic E-state index is 3.35. The van der Waals surface area contributed by atoms with Gasteiger partial charge in [0, 0.05) is 0 Å². The minimum Gasteiger partial charge on any atom is -0.0616 e. The van der Waals surface area contributed by atoms with Crippen LogP contribution in [0.3, 0.4) is 0 Å². The zero-order valence-corrected chi connectivity index (χ0v) is 9.77. The summed E-state index contributed by atoms with van der Waals surface area (Å²) in [6, 6.07) is 24.5. The second kappa shape index (κ2) is 4.06. The zero-order chi connectivity index (χ0) is 11.7. The van der Waals surface area contributed by atoms with Gasteiger partial charge in [-0.15, -0.1) is 0 Å². The largest absolute Gasteiger partial charge is 0.0616 e. The van der Waals surface area contributed by atoms with Gasteiger partial charge in [-0.25, -0.2) is 0 Å². The van der Waals surface area contributed by atoms with E-state index in [1.807, 2.05) is 6.07 Å². The molecule has 0 aliphatic heterocycles. The van der Waals surface area contributed by atoms with Crippen LogP contribution in [0, 0.1) is 13.0 Å². The van der Waals surface area contributed by atoms with E-state index in [4.69, 9.17) is 0 Å². The summed E-state index contributed by atoms with van der Waals surface area (Å²) in [7, 11) is 0. The van der Waals surface area contributed by atoms with Crippen LogP contribution < -0.4 is 0 Å². The third-order valence-electron chi connectivity index (χ3n) is 3.06. The Morgan fingerprint density at radius 3 is 2.41 bits per heavy atom. The average Bonchev–Trinajstić information content (AvgIpc) is 2.39. The van der Waals surface area contributed by atoms with Gasteiger partial charge in [0.05, 0.1) is 0 Å². The number of hydrogen-bond acceptors (Lipinski definition) is 0. The highest BCUT2D eigenvalue weighted by atomic mass is 14.1. The van der Waals surface area contributed by atoms with Crippen LogP contribution in [0.5, 0.6) is 0 Å². The standard InChI is InChI=1S/C17H13/c1-13-9-11-15(12-10-13)17-8-4-6-14-5-2-3-7-16(14)17/h2-7,9-12H,1H3. The summed E-state index contributed by atoms with van der Waals surface area (Å²) >= 11 is 0. The van der Waals surface area contributed by atoms with E-state index in [0.717, 1.165) is 0 Å². The first kappa shape index (κ1) is 10.1. The van der Waals surface area contributed by atoms with E-state index >= 15 is 0 Å². The molecule has 0 aliphatic carbocycles. The van der Waals surface area contributed by atoms with Crippen LogP contribution in [-0.4, -0.2) is 0 Å². The Labute approximate surface area is 102 Å². The van der Waals surface area contributed by atoms with Crippen LogP contribution in [0.1, 0.15) is 5.56 Å². The lowest BCUT2D eigenvalue weighted by molar-refractivity contribution is 1.47. The van der Waals surface area contributed by atoms with Crippen LogP contribution in [0.4, 0.5) is 0 Å². The van der Waals surface area contributed by atoms with E-state index in [9.17, 15) is 0 Å². The summed E-state index contributed by atoms with van der Waals surface area (Å²) in [6.07, 6.45) is 0. The molecule has 0 spiro atoms. The van der Waals surface area contributed by atoms with Crippen molar-refractivity contribution < 1.29 is 0 Å². The molecule has 0 bridgehead atoms. The molecule has 0 atom stereocenters. The highest BCUT2D eigenvalue weighted by molar-refractivity contribution is 5.96. The predicted molar refractivity (Wildman–Crippen MR) is 73.0 cm³/mol. The normalized spacial score (nSPS) is 10.6. The molecule has 0 saturated heterocycles. The lowest BCUT2D eigenvalue weighted by Gasteiger charge is -2.06. The molecule has 1 radical (unpaired) electrons. The summed E-state index contributed by atoms with van der Waals surface area (Å²) in [6.45, 7) is 2.11. The first-order chi connectivity index (χ1) is 8.34. The fourth-order valence-electron chi connectivity index (χ4n) is 2.12. The van der Waals surface area contributed by atoms with Gasteiger partial charge in [0.2, 0.25) is 0 Å². The lowest BCUT2D eigenvalue weighted by Crippen LogP contribution is -1.81. The quantitative estimate of drug-likeness (QED) is 0.558. The SMILES string of the molecule is Cc1ccc(-c2[c]ccc3ccccc23)cc1. The number of benzene rings is 3. The van der Waals surface area contributed by atoms with Gasteiger partial charge in [-0.2, -0.15) is 0 Å². The Balaban J connectivity index is 2.27. The van der Waals surface area contributed by atoms with Crippen molar-refractivity contribution in [1.29, 1.82) is 0 Å². The molecule has 0 amide bonds. The van der Waals surface area contributed by atoms with Crippen molar-refractivity contribution in [3.05, 3.63) is 72.3 Å². The molecule has 81 valence electrons. The molecule has 0 heterocycles. The maximum atomic E-state index is 3.35. The van der Waals surface area contributed by atoms with E-state index in [-0.39, 0.29) is 0 Å². The monoisotopic (exact) mass is 217 g/mol. The van der Waals surface area contributed by atoms with E-state index < -0.39 is 0 Å². The minimum absolute atomic E-state index is 1.18. The molecule has 3 aromatic rings. The van der Waals surface area contributed by atoms with Crippen LogP contribution in [0.25, 0.3) is 21.9 Å². The third-order valence-corrected chi connectivity index (χ3v) is 3.06. The molecule has 0 fully saturated rings. The van der Waals surface area contributed by atoms with Gasteiger partial charge in [-0.05, 0) is 34.9 Å². The Kier molecular flexibility index (Phi) is 2.41. The Morgan fingerprint density at radius 2 is 1.59 bits per heavy atom. The van der Waals surface area contributed by atoms with E-state index in [1.54, 1.807) is 0 Å². The van der Waals surface area contributed by atoms with Crippen LogP contribution >= 0.6 is 0 Å². The Morgan fingerprint density at radius 1 is 0.824 bits per heavy atom. The molecular formula is C17H13. The van der Waals surface area contributed by atoms with Crippen molar-refractivity contribution >= 4 is 10.8 Å². The summed E-state index contributed by atoms with van der Waals surface area (Å²) in [4.78, 5) is 0. The first-order valence-corrected chi connectivity index (χ1v) is 5.81. The van der Waals surface area contributed by atoms with Gasteiger partial charge < -0.3 is 0 Å². The molecule has 0 saturated carbocycles. The Hall–Kier alpha value is -2.08. The average molecular weight is 217 g/mol. The highest BCUT2D eigenvalue weighted by Crippen LogP contribution is 2.27. The molecule has 0 aromatic heterocycles. The van der Waals surface area contributed by atoms with E-state index in [2.05, 4.69) is 67.6 Å². The molecule has 0 unspecified atom stereocenters. The van der Waals surface area contributed by atoms with Crippen molar-refractivity contribution in [3.8, 4) is 11.1 Å². The summed E-state index contributed by atoms with van der Waals surface area (Å²) in [5.74, 6) is 0. The molecule has 0 nitrogen and oxygen atoms in total. The first-order valence-electron chi connectivity index (χ1n) is 5.81. The van der Waals surface area contributed by atoms with Crippen LogP contribution in [-0.2, 0) is 0 Å². The van der Waals surface area contributed by atoms with Crippen molar-refractivity contribution in [3.63, 3.8) is 0 Å². The Bertz CT molecular complexity index is 643. The summed E-state index contributed by atoms with van der Waals surface area (Å²) < 4.78 is 0. The van der Waals surface area contributed by atoms with Gasteiger partial charge >= 0.3 is 0 Å². The van der Waals surface area contributed by atoms with E-state index in [1.165, 1.54) is 27.5 Å². The van der Waals surface area contributed by atoms with Crippen molar-refractivity contribution in [2.75, 3.05) is 0 Å². The van der Waals surface area contributed by atoms with Gasteiger partial charge in [0.15, 0.2) is 0 Å². The number of hydrogen-bond donors (Lipinski definition) is 0. The predicted octanol–water partition coefficient (Wildman–Crippen LogP) is 4.62. The van der Waals surface area contributed by atoms with Crippen LogP contribution in [0.2, 0.25) is 0 Å². The molecule has 17 heavy (non-hydrogen) atoms. The topological polar surface area (TPSA) is 0 Å². The number of rotatable bonds is 1. The van der Waals surface area contributed by atoms with Crippen LogP contribution in [0.15, 0.2) is 60.7 Å². The molecule has 3 rings (SSSR count). The maximum Gasteiger partial charge on any atom is -0.00266 e. The second-order valence-corrected chi connectivity index (χ2v) is 4.31. The lowest BCUT2D eigenvalue weighted by atomic mass is 9.98. The van der Waals surface area contributed by atoms with Crippen molar-refractivity contribution in [2.24, 2.45) is 0 Å². The third kappa shape index (κ3) is 1.83. The zero-order valence-electron chi connectivity index (χ0n) is 9.77. The molecule has 0 heteroatoms. The summed E-state index contributed by atoms with van der Waals surface area (Å²) in [5.41, 5.74) is 3.70. The molecule has 0 aliphatic rings. The minimum atomic E-state index is 1.18. The summed E-state index contributed by atoms with van der Waals surface area (Å²) in [5, 5.41) is 2.53. The second-order valence-electron chi connectivity index (χ2n) is 4.31. The van der Waals surface area contributed by atoms with Gasteiger partial charge in [0.1, 0.15) is 0 Å². The number of fused-ring (bicyclic) bond motifs is 1. The smallest absolute Gasteiger partial charge is 0.00266 e. The molecular weight excluding hydrogens is 204 g/mol.